The molecule has 2 unspecified atom stereocenters. The SMILES string of the molecule is CN1CCCC1C=O.CNCc1ccc(-c2scnc2C)c(F)c1.CNc1nc(Nc2ccc(C(=O)N3CCN(CCCSC(C)(C)C(C=O)NC(=O)C4(F)CC4)CC3)cc2OC)ncc1Cl. The predicted molar refractivity (Wildman–Crippen MR) is 264 cm³/mol. The van der Waals surface area contributed by atoms with Gasteiger partial charge in [0.05, 0.1) is 47.2 Å². The maximum Gasteiger partial charge on any atom is 0.258 e. The molecule has 1 aliphatic carbocycles. The van der Waals surface area contributed by atoms with Gasteiger partial charge in [-0.2, -0.15) is 16.7 Å². The highest BCUT2D eigenvalue weighted by Crippen LogP contribution is 2.40. The number of alkyl halides is 1. The number of hydrogen-bond acceptors (Lipinski definition) is 15. The smallest absolute Gasteiger partial charge is 0.258 e. The number of thioether (sulfide) groups is 1. The topological polar surface area (TPSA) is 174 Å². The zero-order valence-electron chi connectivity index (χ0n) is 39.3. The van der Waals surface area contributed by atoms with E-state index < -0.39 is 22.4 Å². The summed E-state index contributed by atoms with van der Waals surface area (Å²) < 4.78 is 32.9. The lowest BCUT2D eigenvalue weighted by Gasteiger charge is -2.35. The molecular formula is C47H63ClF2N10O5S2. The van der Waals surface area contributed by atoms with Crippen molar-refractivity contribution in [1.29, 1.82) is 0 Å². The first-order valence-electron chi connectivity index (χ1n) is 22.3. The number of amides is 2. The third-order valence-corrected chi connectivity index (χ3v) is 14.6. The van der Waals surface area contributed by atoms with Crippen LogP contribution in [0.5, 0.6) is 5.75 Å². The number of rotatable bonds is 18. The van der Waals surface area contributed by atoms with Crippen molar-refractivity contribution in [2.24, 2.45) is 0 Å². The first-order chi connectivity index (χ1) is 32.1. The first-order valence-corrected chi connectivity index (χ1v) is 24.6. The predicted octanol–water partition coefficient (Wildman–Crippen LogP) is 7.03. The number of aryl methyl sites for hydroxylation is 1. The Bertz CT molecular complexity index is 2300. The lowest BCUT2D eigenvalue weighted by atomic mass is 10.0. The number of carbonyl (C=O) groups is 4. The largest absolute Gasteiger partial charge is 0.495 e. The van der Waals surface area contributed by atoms with Crippen LogP contribution in [0.15, 0.2) is 48.1 Å². The molecule has 3 aliphatic rings. The number of thiazole rings is 1. The van der Waals surface area contributed by atoms with E-state index in [2.05, 4.69) is 46.0 Å². The second-order valence-electron chi connectivity index (χ2n) is 17.1. The van der Waals surface area contributed by atoms with Crippen molar-refractivity contribution in [3.63, 3.8) is 0 Å². The number of aldehydes is 2. The number of piperazine rings is 1. The molecule has 2 amide bonds. The van der Waals surface area contributed by atoms with Crippen LogP contribution in [0.25, 0.3) is 10.4 Å². The average molecular weight is 986 g/mol. The number of halogens is 3. The molecule has 7 rings (SSSR count). The number of carbonyl (C=O) groups excluding carboxylic acids is 4. The Morgan fingerprint density at radius 1 is 1.09 bits per heavy atom. The van der Waals surface area contributed by atoms with E-state index >= 15 is 0 Å². The van der Waals surface area contributed by atoms with E-state index in [9.17, 15) is 28.0 Å². The quantitative estimate of drug-likeness (QED) is 0.0592. The van der Waals surface area contributed by atoms with Crippen molar-refractivity contribution in [1.82, 2.24) is 40.3 Å². The standard InChI is InChI=1S/C29H39ClFN7O4S.C12H13FN2S.C6H11NO/c1-28(2,23(18-39)35-26(41)29(31)8-9-29)43-15-5-10-37-11-13-38(14-12-37)25(40)19-6-7-21(22(16-19)42-4)34-27-33-17-20(30)24(32-3)36-27;1-8-12(16-7-15-8)10-4-3-9(6-14-2)5-11(10)13;1-7-4-2-3-6(7)5-8/h6-7,16-18,23H,5,8-15H2,1-4H3,(H,35,41)(H2,32,33,34,36);3-5,7,14H,6H2,1-2H3;5-6H,2-4H2,1H3. The summed E-state index contributed by atoms with van der Waals surface area (Å²) in [5.74, 6) is 1.16. The Labute approximate surface area is 405 Å². The maximum absolute atomic E-state index is 14.0. The van der Waals surface area contributed by atoms with Crippen LogP contribution in [0.2, 0.25) is 5.02 Å². The Kier molecular flexibility index (Phi) is 19.8. The number of benzene rings is 2. The van der Waals surface area contributed by atoms with Crippen LogP contribution in [-0.4, -0.2) is 150 Å². The van der Waals surface area contributed by atoms with Gasteiger partial charge in [0, 0.05) is 55.6 Å². The third-order valence-electron chi connectivity index (χ3n) is 11.8. The second kappa shape index (κ2) is 25.0. The van der Waals surface area contributed by atoms with Crippen molar-refractivity contribution < 1.29 is 32.7 Å². The highest BCUT2D eigenvalue weighted by Gasteiger charge is 2.52. The monoisotopic (exact) mass is 984 g/mol. The fourth-order valence-electron chi connectivity index (χ4n) is 7.43. The molecule has 0 spiro atoms. The van der Waals surface area contributed by atoms with Gasteiger partial charge in [0.1, 0.15) is 35.0 Å². The molecule has 1 saturated carbocycles. The van der Waals surface area contributed by atoms with Gasteiger partial charge in [-0.25, -0.2) is 18.7 Å². The molecule has 4 heterocycles. The minimum atomic E-state index is -1.80. The van der Waals surface area contributed by atoms with E-state index in [1.165, 1.54) is 31.1 Å². The second-order valence-corrected chi connectivity index (χ2v) is 20.1. The Balaban J connectivity index is 0.000000282. The fraction of sp³-hybridized carbons (Fsp3) is 0.511. The molecule has 3 fully saturated rings. The third kappa shape index (κ3) is 14.9. The van der Waals surface area contributed by atoms with E-state index in [1.54, 1.807) is 48.6 Å². The molecule has 67 heavy (non-hydrogen) atoms. The first kappa shape index (κ1) is 53.2. The number of hydrogen-bond donors (Lipinski definition) is 4. The van der Waals surface area contributed by atoms with Gasteiger partial charge in [-0.05, 0) is 116 Å². The molecule has 2 aromatic carbocycles. The van der Waals surface area contributed by atoms with Gasteiger partial charge in [0.2, 0.25) is 5.95 Å². The van der Waals surface area contributed by atoms with Crippen molar-refractivity contribution in [3.8, 4) is 16.2 Å². The number of nitrogens with zero attached hydrogens (tertiary/aromatic N) is 6. The molecule has 364 valence electrons. The van der Waals surface area contributed by atoms with Crippen LogP contribution in [0.3, 0.4) is 0 Å². The van der Waals surface area contributed by atoms with Gasteiger partial charge in [-0.3, -0.25) is 19.4 Å². The summed E-state index contributed by atoms with van der Waals surface area (Å²) in [7, 11) is 7.09. The zero-order valence-corrected chi connectivity index (χ0v) is 41.7. The summed E-state index contributed by atoms with van der Waals surface area (Å²) in [6.45, 7) is 11.0. The number of ether oxygens (including phenoxy) is 1. The highest BCUT2D eigenvalue weighted by atomic mass is 35.5. The van der Waals surface area contributed by atoms with Gasteiger partial charge in [-0.15, -0.1) is 11.3 Å². The minimum Gasteiger partial charge on any atom is -0.495 e. The molecule has 2 atom stereocenters. The summed E-state index contributed by atoms with van der Waals surface area (Å²) in [4.78, 5) is 67.0. The molecule has 4 aromatic rings. The molecule has 0 bridgehead atoms. The number of likely N-dealkylation sites (tertiary alicyclic amines) is 1. The molecule has 20 heteroatoms. The molecule has 15 nitrogen and oxygen atoms in total. The molecule has 2 aliphatic heterocycles. The van der Waals surface area contributed by atoms with Crippen LogP contribution in [0.4, 0.5) is 26.2 Å². The molecular weight excluding hydrogens is 922 g/mol. The zero-order chi connectivity index (χ0) is 48.7. The number of nitrogens with one attached hydrogen (secondary N) is 4. The minimum absolute atomic E-state index is 0.0646. The Morgan fingerprint density at radius 2 is 1.84 bits per heavy atom. The van der Waals surface area contributed by atoms with E-state index in [-0.39, 0.29) is 30.6 Å². The van der Waals surface area contributed by atoms with Crippen molar-refractivity contribution in [2.75, 3.05) is 83.9 Å². The molecule has 0 radical (unpaired) electrons. The van der Waals surface area contributed by atoms with Crippen LogP contribution < -0.4 is 26.0 Å². The van der Waals surface area contributed by atoms with Crippen LogP contribution in [-0.2, 0) is 20.9 Å². The fourth-order valence-corrected chi connectivity index (χ4v) is 9.54. The van der Waals surface area contributed by atoms with Crippen molar-refractivity contribution in [2.45, 2.75) is 81.9 Å². The number of aromatic nitrogens is 3. The van der Waals surface area contributed by atoms with E-state index in [1.807, 2.05) is 51.9 Å². The van der Waals surface area contributed by atoms with E-state index in [0.717, 1.165) is 67.2 Å². The van der Waals surface area contributed by atoms with Crippen LogP contribution in [0, 0.1) is 12.7 Å². The molecule has 2 saturated heterocycles. The number of likely N-dealkylation sites (N-methyl/N-ethyl adjacent to an activating group) is 1. The van der Waals surface area contributed by atoms with Crippen LogP contribution >= 0.6 is 34.7 Å². The molecule has 4 N–H and O–H groups in total. The summed E-state index contributed by atoms with van der Waals surface area (Å²) in [5.41, 5.74) is 3.55. The van der Waals surface area contributed by atoms with E-state index in [4.69, 9.17) is 16.3 Å². The number of anilines is 3. The Hall–Kier alpha value is -4.79. The Morgan fingerprint density at radius 3 is 2.40 bits per heavy atom. The normalized spacial score (nSPS) is 17.2. The van der Waals surface area contributed by atoms with Gasteiger partial charge in [-0.1, -0.05) is 23.7 Å². The maximum atomic E-state index is 14.0. The van der Waals surface area contributed by atoms with Gasteiger partial charge in [0.15, 0.2) is 5.67 Å². The summed E-state index contributed by atoms with van der Waals surface area (Å²) in [6.07, 6.45) is 6.78. The van der Waals surface area contributed by atoms with Crippen LogP contribution in [0.1, 0.15) is 67.6 Å². The van der Waals surface area contributed by atoms with Crippen molar-refractivity contribution >= 4 is 76.5 Å². The van der Waals surface area contributed by atoms with Gasteiger partial charge in [0.25, 0.3) is 11.8 Å². The summed E-state index contributed by atoms with van der Waals surface area (Å²) in [6, 6.07) is 10.0. The molecule has 2 aromatic heterocycles. The summed E-state index contributed by atoms with van der Waals surface area (Å²) in [5, 5.41) is 12.0. The summed E-state index contributed by atoms with van der Waals surface area (Å²) >= 11 is 9.13. The van der Waals surface area contributed by atoms with Gasteiger partial charge >= 0.3 is 0 Å². The lowest BCUT2D eigenvalue weighted by Crippen LogP contribution is -2.51. The average Bonchev–Trinajstić information content (AvgIpc) is 3.71. The van der Waals surface area contributed by atoms with Crippen molar-refractivity contribution in [3.05, 3.63) is 75.8 Å². The highest BCUT2D eigenvalue weighted by molar-refractivity contribution is 8.00. The lowest BCUT2D eigenvalue weighted by molar-refractivity contribution is -0.130. The number of methoxy groups -OCH3 is 1. The van der Waals surface area contributed by atoms with E-state index in [0.29, 0.717) is 65.3 Å². The van der Waals surface area contributed by atoms with Gasteiger partial charge < -0.3 is 40.5 Å².